The number of phosphoric acid groups is 1. The molecule has 178 valence electrons. The van der Waals surface area contributed by atoms with Gasteiger partial charge in [-0.05, 0) is 0 Å². The minimum atomic E-state index is -3.93. The molecule has 4 nitrogen and oxygen atoms in total. The third kappa shape index (κ3) is 20.2. The maximum absolute atomic E-state index is 12.1. The van der Waals surface area contributed by atoms with Crippen molar-refractivity contribution in [3.63, 3.8) is 0 Å². The second-order valence-electron chi connectivity index (χ2n) is 9.97. The molecular weight excluding hydrogens is 402 g/mol. The standard InChI is InChI=1S/C23H52O4P2/c1-6-8-9-10-11-12-13-14-15-16-17-18-19-20-21-22-23-26-28(24,25)27-29(3,4,5)7-2/h6-23H2,1-5H3,(H,24,25). The normalized spacial score (nSPS) is 15.7. The van der Waals surface area contributed by atoms with Crippen molar-refractivity contribution in [3.05, 3.63) is 0 Å². The Kier molecular flexibility index (Phi) is 16.5. The van der Waals surface area contributed by atoms with Crippen LogP contribution in [0.4, 0.5) is 0 Å². The van der Waals surface area contributed by atoms with Crippen LogP contribution in [0.3, 0.4) is 0 Å². The predicted octanol–water partition coefficient (Wildman–Crippen LogP) is 8.76. The SMILES string of the molecule is CCCCCCCCCCCCCCCCCCOP(=O)(O)OP(C)(C)(C)CC. The fraction of sp³-hybridized carbons (Fsp3) is 1.00. The predicted molar refractivity (Wildman–Crippen MR) is 132 cm³/mol. The van der Waals surface area contributed by atoms with E-state index in [0.717, 1.165) is 19.0 Å². The van der Waals surface area contributed by atoms with Gasteiger partial charge in [-0.25, -0.2) is 0 Å². The molecule has 0 aromatic carbocycles. The van der Waals surface area contributed by atoms with Gasteiger partial charge in [-0.3, -0.25) is 0 Å². The summed E-state index contributed by atoms with van der Waals surface area (Å²) in [6.45, 7) is 7.90. The topological polar surface area (TPSA) is 55.8 Å². The molecule has 0 aromatic heterocycles. The summed E-state index contributed by atoms with van der Waals surface area (Å²) in [4.78, 5) is 9.92. The monoisotopic (exact) mass is 454 g/mol. The Bertz CT molecular complexity index is 432. The quantitative estimate of drug-likeness (QED) is 0.139. The van der Waals surface area contributed by atoms with Crippen molar-refractivity contribution in [1.29, 1.82) is 0 Å². The Labute approximate surface area is 182 Å². The number of unbranched alkanes of at least 4 members (excludes halogenated alkanes) is 15. The molecule has 0 saturated carbocycles. The molecule has 1 unspecified atom stereocenters. The third-order valence-electron chi connectivity index (χ3n) is 5.74. The Balaban J connectivity index is 3.41. The third-order valence-corrected chi connectivity index (χ3v) is 11.6. The fourth-order valence-corrected chi connectivity index (χ4v) is 7.36. The van der Waals surface area contributed by atoms with Crippen LogP contribution in [0.5, 0.6) is 0 Å². The van der Waals surface area contributed by atoms with E-state index >= 15 is 0 Å². The molecule has 0 fully saturated rings. The summed E-state index contributed by atoms with van der Waals surface area (Å²) in [5.74, 6) is 0. The van der Waals surface area contributed by atoms with Crippen LogP contribution < -0.4 is 0 Å². The van der Waals surface area contributed by atoms with Crippen molar-refractivity contribution < 1.29 is 18.3 Å². The van der Waals surface area contributed by atoms with E-state index in [9.17, 15) is 9.46 Å². The Morgan fingerprint density at radius 2 is 1.00 bits per heavy atom. The van der Waals surface area contributed by atoms with Crippen LogP contribution >= 0.6 is 14.7 Å². The molecule has 0 amide bonds. The van der Waals surface area contributed by atoms with Gasteiger partial charge in [0.25, 0.3) is 0 Å². The number of hydrogen-bond donors (Lipinski definition) is 1. The van der Waals surface area contributed by atoms with Gasteiger partial charge in [0, 0.05) is 0 Å². The molecule has 0 spiro atoms. The van der Waals surface area contributed by atoms with Crippen molar-refractivity contribution in [3.8, 4) is 0 Å². The molecule has 0 aliphatic heterocycles. The molecule has 0 heterocycles. The summed E-state index contributed by atoms with van der Waals surface area (Å²) in [6, 6.07) is 0. The summed E-state index contributed by atoms with van der Waals surface area (Å²) < 4.78 is 22.8. The summed E-state index contributed by atoms with van der Waals surface area (Å²) in [6.07, 6.45) is 21.8. The second kappa shape index (κ2) is 16.2. The molecule has 0 aliphatic rings. The average Bonchev–Trinajstić information content (AvgIpc) is 2.63. The molecule has 1 atom stereocenters. The van der Waals surface area contributed by atoms with Crippen molar-refractivity contribution in [2.45, 2.75) is 117 Å². The van der Waals surface area contributed by atoms with Gasteiger partial charge in [0.05, 0.1) is 0 Å². The molecule has 0 saturated heterocycles. The van der Waals surface area contributed by atoms with Crippen molar-refractivity contribution in [2.24, 2.45) is 0 Å². The average molecular weight is 455 g/mol. The first-order chi connectivity index (χ1) is 13.6. The summed E-state index contributed by atoms with van der Waals surface area (Å²) >= 11 is 0. The maximum atomic E-state index is 12.1. The zero-order valence-electron chi connectivity index (χ0n) is 20.3. The van der Waals surface area contributed by atoms with E-state index in [0.29, 0.717) is 6.61 Å². The summed E-state index contributed by atoms with van der Waals surface area (Å²) in [7, 11) is -3.93. The molecule has 0 radical (unpaired) electrons. The number of hydrogen-bond acceptors (Lipinski definition) is 3. The van der Waals surface area contributed by atoms with E-state index in [2.05, 4.69) is 6.92 Å². The van der Waals surface area contributed by atoms with Crippen molar-refractivity contribution in [2.75, 3.05) is 32.8 Å². The van der Waals surface area contributed by atoms with Crippen LogP contribution in [0.2, 0.25) is 0 Å². The molecule has 0 bridgehead atoms. The van der Waals surface area contributed by atoms with Crippen LogP contribution in [0.15, 0.2) is 0 Å². The molecule has 6 heteroatoms. The van der Waals surface area contributed by atoms with Gasteiger partial charge >= 0.3 is 124 Å². The molecule has 29 heavy (non-hydrogen) atoms. The zero-order chi connectivity index (χ0) is 22.1. The van der Waals surface area contributed by atoms with Gasteiger partial charge in [-0.15, -0.1) is 0 Å². The molecular formula is C23H52O4P2. The zero-order valence-corrected chi connectivity index (χ0v) is 22.1. The molecule has 0 rings (SSSR count). The van der Waals surface area contributed by atoms with Crippen LogP contribution in [-0.4, -0.2) is 37.7 Å². The van der Waals surface area contributed by atoms with E-state index in [1.165, 1.54) is 89.9 Å². The van der Waals surface area contributed by atoms with Gasteiger partial charge in [0.2, 0.25) is 0 Å². The van der Waals surface area contributed by atoms with Gasteiger partial charge in [0.15, 0.2) is 0 Å². The van der Waals surface area contributed by atoms with Crippen LogP contribution in [-0.2, 0) is 13.4 Å². The molecule has 0 aromatic rings. The van der Waals surface area contributed by atoms with Crippen LogP contribution in [0.25, 0.3) is 0 Å². The summed E-state index contributed by atoms with van der Waals surface area (Å²) in [5.41, 5.74) is 0. The van der Waals surface area contributed by atoms with Crippen molar-refractivity contribution >= 4 is 14.7 Å². The van der Waals surface area contributed by atoms with Crippen LogP contribution in [0, 0.1) is 0 Å². The van der Waals surface area contributed by atoms with E-state index in [1.807, 2.05) is 26.9 Å². The Morgan fingerprint density at radius 1 is 0.655 bits per heavy atom. The van der Waals surface area contributed by atoms with Gasteiger partial charge in [-0.2, -0.15) is 0 Å². The second-order valence-corrected chi connectivity index (χ2v) is 18.4. The van der Waals surface area contributed by atoms with E-state index in [4.69, 9.17) is 8.83 Å². The van der Waals surface area contributed by atoms with Crippen LogP contribution in [0.1, 0.15) is 117 Å². The Morgan fingerprint density at radius 3 is 1.34 bits per heavy atom. The van der Waals surface area contributed by atoms with Gasteiger partial charge < -0.3 is 0 Å². The summed E-state index contributed by atoms with van der Waals surface area (Å²) in [5, 5.41) is 0. The first kappa shape index (κ1) is 29.5. The van der Waals surface area contributed by atoms with Crippen molar-refractivity contribution in [1.82, 2.24) is 0 Å². The molecule has 0 aliphatic carbocycles. The van der Waals surface area contributed by atoms with Gasteiger partial charge in [-0.1, -0.05) is 58.3 Å². The van der Waals surface area contributed by atoms with E-state index in [1.54, 1.807) is 0 Å². The molecule has 1 N–H and O–H groups in total. The minimum absolute atomic E-state index is 0.308. The first-order valence-electron chi connectivity index (χ1n) is 12.3. The number of rotatable bonds is 21. The van der Waals surface area contributed by atoms with E-state index < -0.39 is 14.7 Å². The Hall–Kier alpha value is 0.540. The number of phosphoric ester groups is 1. The van der Waals surface area contributed by atoms with Gasteiger partial charge in [0.1, 0.15) is 0 Å². The van der Waals surface area contributed by atoms with E-state index in [-0.39, 0.29) is 0 Å². The fourth-order valence-electron chi connectivity index (χ4n) is 3.29. The first-order valence-corrected chi connectivity index (χ1v) is 17.5.